The Balaban J connectivity index is 3.98. The zero-order chi connectivity index (χ0) is 7.33. The largest absolute Gasteiger partial charge is 0.354 e. The van der Waals surface area contributed by atoms with Gasteiger partial charge in [0.15, 0.2) is 5.72 Å². The zero-order valence-electron chi connectivity index (χ0n) is 6.18. The van der Waals surface area contributed by atoms with Crippen LogP contribution < -0.4 is 0 Å². The van der Waals surface area contributed by atoms with Gasteiger partial charge in [-0.05, 0) is 18.0 Å². The van der Waals surface area contributed by atoms with E-state index in [0.717, 1.165) is 0 Å². The van der Waals surface area contributed by atoms with Gasteiger partial charge in [0.1, 0.15) is 0 Å². The van der Waals surface area contributed by atoms with Gasteiger partial charge in [0.25, 0.3) is 0 Å². The molecule has 0 spiro atoms. The molecular formula is C6H13NO2. The number of methoxy groups -OCH3 is 1. The Morgan fingerprint density at radius 2 is 1.89 bits per heavy atom. The molecule has 0 aromatic heterocycles. The number of hydrogen-bond donors (Lipinski definition) is 0. The third-order valence-electron chi connectivity index (χ3n) is 1.65. The fourth-order valence-corrected chi connectivity index (χ4v) is 0.705. The Kier molecular flexibility index (Phi) is 3.39. The molecule has 0 N–H and O–H groups in total. The molecule has 3 heteroatoms. The number of nitroso groups, excluding NO2 is 1. The predicted molar refractivity (Wildman–Crippen MR) is 36.1 cm³/mol. The van der Waals surface area contributed by atoms with Gasteiger partial charge in [0.2, 0.25) is 0 Å². The monoisotopic (exact) mass is 131 g/mol. The highest BCUT2D eigenvalue weighted by molar-refractivity contribution is 4.72. The van der Waals surface area contributed by atoms with Gasteiger partial charge in [-0.25, -0.2) is 0 Å². The van der Waals surface area contributed by atoms with Gasteiger partial charge in [0.05, 0.1) is 0 Å². The second-order valence-electron chi connectivity index (χ2n) is 1.95. The van der Waals surface area contributed by atoms with Crippen LogP contribution in [0.5, 0.6) is 0 Å². The van der Waals surface area contributed by atoms with Crippen LogP contribution in [-0.2, 0) is 4.74 Å². The average molecular weight is 131 g/mol. The summed E-state index contributed by atoms with van der Waals surface area (Å²) in [5.41, 5.74) is -0.764. The molecule has 0 heterocycles. The van der Waals surface area contributed by atoms with Crippen molar-refractivity contribution in [2.45, 2.75) is 32.4 Å². The van der Waals surface area contributed by atoms with Crippen LogP contribution in [-0.4, -0.2) is 12.8 Å². The fourth-order valence-electron chi connectivity index (χ4n) is 0.705. The van der Waals surface area contributed by atoms with E-state index in [1.165, 1.54) is 7.11 Å². The highest BCUT2D eigenvalue weighted by Crippen LogP contribution is 2.19. The van der Waals surface area contributed by atoms with Gasteiger partial charge in [-0.2, -0.15) is 0 Å². The van der Waals surface area contributed by atoms with Crippen LogP contribution >= 0.6 is 0 Å². The lowest BCUT2D eigenvalue weighted by Crippen LogP contribution is -2.25. The minimum Gasteiger partial charge on any atom is -0.354 e. The minimum atomic E-state index is -0.764. The van der Waals surface area contributed by atoms with Crippen molar-refractivity contribution in [2.75, 3.05) is 7.11 Å². The molecule has 0 atom stereocenters. The summed E-state index contributed by atoms with van der Waals surface area (Å²) in [5.74, 6) is 0. The van der Waals surface area contributed by atoms with Gasteiger partial charge in [-0.15, -0.1) is 4.91 Å². The van der Waals surface area contributed by atoms with Crippen LogP contribution in [0, 0.1) is 4.91 Å². The first-order chi connectivity index (χ1) is 4.24. The van der Waals surface area contributed by atoms with Crippen LogP contribution in [0.3, 0.4) is 0 Å². The summed E-state index contributed by atoms with van der Waals surface area (Å²) in [7, 11) is 1.51. The van der Waals surface area contributed by atoms with Crippen LogP contribution in [0.25, 0.3) is 0 Å². The molecule has 0 amide bonds. The van der Waals surface area contributed by atoms with Crippen LogP contribution in [0.2, 0.25) is 0 Å². The zero-order valence-corrected chi connectivity index (χ0v) is 6.18. The van der Waals surface area contributed by atoms with E-state index < -0.39 is 5.72 Å². The third kappa shape index (κ3) is 1.75. The lowest BCUT2D eigenvalue weighted by Gasteiger charge is -2.20. The number of ether oxygens (including phenoxy) is 1. The summed E-state index contributed by atoms with van der Waals surface area (Å²) in [6, 6.07) is 0. The van der Waals surface area contributed by atoms with Crippen LogP contribution in [0.1, 0.15) is 26.7 Å². The Morgan fingerprint density at radius 1 is 1.44 bits per heavy atom. The lowest BCUT2D eigenvalue weighted by molar-refractivity contribution is -0.0104. The van der Waals surface area contributed by atoms with Gasteiger partial charge in [-0.3, -0.25) is 0 Å². The van der Waals surface area contributed by atoms with Crippen LogP contribution in [0.15, 0.2) is 5.18 Å². The maximum Gasteiger partial charge on any atom is 0.199 e. The second-order valence-corrected chi connectivity index (χ2v) is 1.95. The van der Waals surface area contributed by atoms with Crippen molar-refractivity contribution in [2.24, 2.45) is 5.18 Å². The van der Waals surface area contributed by atoms with E-state index in [9.17, 15) is 4.91 Å². The number of nitrogens with zero attached hydrogens (tertiary/aromatic N) is 1. The normalized spacial score (nSPS) is 11.4. The molecule has 0 aliphatic carbocycles. The van der Waals surface area contributed by atoms with E-state index in [-0.39, 0.29) is 0 Å². The number of hydrogen-bond acceptors (Lipinski definition) is 3. The van der Waals surface area contributed by atoms with Crippen molar-refractivity contribution in [3.05, 3.63) is 4.91 Å². The predicted octanol–water partition coefficient (Wildman–Crippen LogP) is 1.92. The molecule has 0 rings (SSSR count). The lowest BCUT2D eigenvalue weighted by atomic mass is 10.1. The standard InChI is InChI=1S/C6H13NO2/c1-4-6(5-2,7-8)9-3/h4-5H2,1-3H3. The topological polar surface area (TPSA) is 38.7 Å². The molecule has 0 aliphatic rings. The average Bonchev–Trinajstić information content (AvgIpc) is 1.95. The molecule has 54 valence electrons. The van der Waals surface area contributed by atoms with Crippen LogP contribution in [0.4, 0.5) is 0 Å². The van der Waals surface area contributed by atoms with Gasteiger partial charge < -0.3 is 4.74 Å². The van der Waals surface area contributed by atoms with Gasteiger partial charge >= 0.3 is 0 Å². The maximum atomic E-state index is 10.1. The Morgan fingerprint density at radius 3 is 1.89 bits per heavy atom. The molecule has 0 saturated carbocycles. The van der Waals surface area contributed by atoms with E-state index in [0.29, 0.717) is 12.8 Å². The summed E-state index contributed by atoms with van der Waals surface area (Å²) in [6.07, 6.45) is 1.28. The van der Waals surface area contributed by atoms with E-state index in [2.05, 4.69) is 5.18 Å². The molecule has 0 bridgehead atoms. The van der Waals surface area contributed by atoms with Gasteiger partial charge in [0, 0.05) is 7.11 Å². The molecular weight excluding hydrogens is 118 g/mol. The Bertz CT molecular complexity index is 80.8. The van der Waals surface area contributed by atoms with Crippen molar-refractivity contribution in [3.8, 4) is 0 Å². The maximum absolute atomic E-state index is 10.1. The van der Waals surface area contributed by atoms with Crippen molar-refractivity contribution < 1.29 is 4.74 Å². The third-order valence-corrected chi connectivity index (χ3v) is 1.65. The van der Waals surface area contributed by atoms with Gasteiger partial charge in [-0.1, -0.05) is 13.8 Å². The highest BCUT2D eigenvalue weighted by atomic mass is 16.5. The van der Waals surface area contributed by atoms with E-state index >= 15 is 0 Å². The molecule has 0 unspecified atom stereocenters. The summed E-state index contributed by atoms with van der Waals surface area (Å²) >= 11 is 0. The quantitative estimate of drug-likeness (QED) is 0.546. The van der Waals surface area contributed by atoms with Crippen molar-refractivity contribution >= 4 is 0 Å². The minimum absolute atomic E-state index is 0.642. The smallest absolute Gasteiger partial charge is 0.199 e. The molecule has 0 aliphatic heterocycles. The first kappa shape index (κ1) is 8.56. The van der Waals surface area contributed by atoms with Crippen molar-refractivity contribution in [3.63, 3.8) is 0 Å². The second kappa shape index (κ2) is 3.56. The SMILES string of the molecule is CCC(CC)(N=O)OC. The van der Waals surface area contributed by atoms with Crippen molar-refractivity contribution in [1.82, 2.24) is 0 Å². The molecule has 0 radical (unpaired) electrons. The molecule has 0 fully saturated rings. The fraction of sp³-hybridized carbons (Fsp3) is 1.00. The number of rotatable bonds is 4. The Labute approximate surface area is 55.4 Å². The van der Waals surface area contributed by atoms with E-state index in [4.69, 9.17) is 4.74 Å². The van der Waals surface area contributed by atoms with E-state index in [1.807, 2.05) is 13.8 Å². The highest BCUT2D eigenvalue weighted by Gasteiger charge is 2.25. The molecule has 0 aromatic carbocycles. The first-order valence-electron chi connectivity index (χ1n) is 3.14. The first-order valence-corrected chi connectivity index (χ1v) is 3.14. The molecule has 0 aromatic rings. The summed E-state index contributed by atoms with van der Waals surface area (Å²) in [6.45, 7) is 3.77. The summed E-state index contributed by atoms with van der Waals surface area (Å²) < 4.78 is 4.91. The Hall–Kier alpha value is -0.440. The summed E-state index contributed by atoms with van der Waals surface area (Å²) in [4.78, 5) is 10.1. The summed E-state index contributed by atoms with van der Waals surface area (Å²) in [5, 5.41) is 2.90. The molecule has 9 heavy (non-hydrogen) atoms. The van der Waals surface area contributed by atoms with Crippen molar-refractivity contribution in [1.29, 1.82) is 0 Å². The molecule has 0 saturated heterocycles. The molecule has 3 nitrogen and oxygen atoms in total. The van der Waals surface area contributed by atoms with E-state index in [1.54, 1.807) is 0 Å².